The van der Waals surface area contributed by atoms with E-state index < -0.39 is 20.8 Å². The van der Waals surface area contributed by atoms with Crippen molar-refractivity contribution < 1.29 is 67.9 Å². The molecule has 0 aromatic rings. The van der Waals surface area contributed by atoms with E-state index in [1.807, 2.05) is 0 Å². The number of rotatable bonds is 0. The first-order valence-electron chi connectivity index (χ1n) is 1.35. The molecule has 0 bridgehead atoms. The Morgan fingerprint density at radius 1 is 0.667 bits per heavy atom. The summed E-state index contributed by atoms with van der Waals surface area (Å²) in [5.41, 5.74) is 0. The third-order valence-corrected chi connectivity index (χ3v) is 0. The molecule has 0 atom stereocenters. The molecule has 0 amide bonds. The van der Waals surface area contributed by atoms with Gasteiger partial charge < -0.3 is 52.7 Å². The second kappa shape index (κ2) is 30.2. The predicted molar refractivity (Wildman–Crippen MR) is 55.3 cm³/mol. The molecular formula is H16AlNO14S2. The van der Waals surface area contributed by atoms with Crippen LogP contribution in [0.3, 0.4) is 0 Å². The van der Waals surface area contributed by atoms with Crippen LogP contribution in [0.15, 0.2) is 0 Å². The van der Waals surface area contributed by atoms with Gasteiger partial charge >= 0.3 is 17.4 Å². The number of hydrogen-bond donors (Lipinski definition) is 2. The monoisotopic (exact) mass is 345 g/mol. The van der Waals surface area contributed by atoms with E-state index in [0.717, 1.165) is 0 Å². The fourth-order valence-corrected chi connectivity index (χ4v) is 0. The molecule has 0 aromatic heterocycles. The summed E-state index contributed by atoms with van der Waals surface area (Å²) in [6, 6.07) is 0. The normalized spacial score (nSPS) is 6.44. The molecule has 18 heteroatoms. The van der Waals surface area contributed by atoms with Gasteiger partial charge in [0.1, 0.15) is 0 Å². The Bertz CT molecular complexity index is 216. The second-order valence-electron chi connectivity index (χ2n) is 0.836. The first kappa shape index (κ1) is 81.3. The van der Waals surface area contributed by atoms with E-state index in [2.05, 4.69) is 0 Å². The van der Waals surface area contributed by atoms with E-state index in [-0.39, 0.29) is 56.4 Å². The Hall–Kier alpha value is -0.00753. The van der Waals surface area contributed by atoms with E-state index in [1.54, 1.807) is 0 Å². The molecule has 0 aromatic carbocycles. The van der Waals surface area contributed by atoms with Gasteiger partial charge in [0.05, 0.1) is 0 Å². The Balaban J connectivity index is -0.00000000615. The van der Waals surface area contributed by atoms with Crippen LogP contribution in [-0.4, -0.2) is 85.3 Å². The van der Waals surface area contributed by atoms with Crippen LogP contribution >= 0.6 is 0 Å². The van der Waals surface area contributed by atoms with Crippen LogP contribution in [0.4, 0.5) is 0 Å². The van der Waals surface area contributed by atoms with Gasteiger partial charge in [-0.3, -0.25) is 13.0 Å². The summed E-state index contributed by atoms with van der Waals surface area (Å²) in [7, 11) is -10.1. The van der Waals surface area contributed by atoms with Gasteiger partial charge in [0.25, 0.3) is 0 Å². The van der Waals surface area contributed by atoms with Gasteiger partial charge in [-0.15, -0.1) is 0 Å². The maximum atomic E-state index is 8.63. The van der Waals surface area contributed by atoms with Crippen LogP contribution in [-0.2, 0) is 20.8 Å². The third kappa shape index (κ3) is 63400000. The predicted octanol–water partition coefficient (Wildman–Crippen LogP) is -7.50. The Labute approximate surface area is 113 Å². The van der Waals surface area contributed by atoms with Gasteiger partial charge in [-0.2, -0.15) is 0 Å². The van der Waals surface area contributed by atoms with Crippen molar-refractivity contribution in [2.24, 2.45) is 0 Å². The standard InChI is InChI=1S/Al.H3N.2H2O4S.6H2O/c;;2*1-5(2,3)4;;;;;;/h;1H3;2*(H2,1,2,3,4);6*1H2/q+3;;;;;;;;;/p-3. The van der Waals surface area contributed by atoms with E-state index in [9.17, 15) is 0 Å². The molecule has 18 heavy (non-hydrogen) atoms. The molecule has 0 aliphatic carbocycles. The van der Waals surface area contributed by atoms with E-state index in [1.165, 1.54) is 0 Å². The molecule has 0 radical (unpaired) electrons. The largest absolute Gasteiger partial charge is 3.00 e. The van der Waals surface area contributed by atoms with Crippen molar-refractivity contribution in [2.75, 3.05) is 0 Å². The first-order chi connectivity index (χ1) is 4.00. The second-order valence-corrected chi connectivity index (χ2v) is 2.51. The van der Waals surface area contributed by atoms with E-state index in [4.69, 9.17) is 35.0 Å². The molecule has 15 nitrogen and oxygen atoms in total. The first-order valence-corrected chi connectivity index (χ1v) is 4.05. The molecule has 0 aliphatic rings. The Kier molecular flexibility index (Phi) is 137. The van der Waals surface area contributed by atoms with Gasteiger partial charge in [-0.25, -0.2) is 8.42 Å². The van der Waals surface area contributed by atoms with Crippen molar-refractivity contribution in [2.45, 2.75) is 0 Å². The summed E-state index contributed by atoms with van der Waals surface area (Å²) in [6.07, 6.45) is 0. The topological polar surface area (TPSA) is 382 Å². The maximum absolute atomic E-state index is 8.63. The summed E-state index contributed by atoms with van der Waals surface area (Å²) in [5.74, 6) is 0. The molecule has 0 fully saturated rings. The van der Waals surface area contributed by atoms with Crippen LogP contribution in [0.2, 0.25) is 0 Å². The van der Waals surface area contributed by atoms with Gasteiger partial charge in [0, 0.05) is 10.4 Å². The van der Waals surface area contributed by atoms with Crippen LogP contribution in [0.1, 0.15) is 0 Å². The summed E-state index contributed by atoms with van der Waals surface area (Å²) in [4.78, 5) is 0. The van der Waals surface area contributed by atoms with Crippen molar-refractivity contribution in [3.63, 3.8) is 0 Å². The fraction of sp³-hybridized carbons (Fsp3) is 0. The summed E-state index contributed by atoms with van der Waals surface area (Å²) in [6.45, 7) is 0. The van der Waals surface area contributed by atoms with Crippen molar-refractivity contribution in [3.05, 3.63) is 0 Å². The molecule has 0 saturated heterocycles. The smallest absolute Gasteiger partial charge is 0.759 e. The summed E-state index contributed by atoms with van der Waals surface area (Å²) < 4.78 is 66.9. The van der Waals surface area contributed by atoms with E-state index in [0.29, 0.717) is 0 Å². The molecule has 0 rings (SSSR count). The van der Waals surface area contributed by atoms with E-state index >= 15 is 0 Å². The van der Waals surface area contributed by atoms with Gasteiger partial charge in [0.2, 0.25) is 10.4 Å². The fourth-order valence-electron chi connectivity index (χ4n) is 0. The molecular weight excluding hydrogens is 329 g/mol. The van der Waals surface area contributed by atoms with Gasteiger partial charge in [0.15, 0.2) is 0 Å². The van der Waals surface area contributed by atoms with Crippen LogP contribution in [0, 0.1) is 0 Å². The molecule has 0 spiro atoms. The third-order valence-electron chi connectivity index (χ3n) is 0. The minimum atomic E-state index is -5.17. The minimum Gasteiger partial charge on any atom is -0.759 e. The molecule has 0 heterocycles. The van der Waals surface area contributed by atoms with Crippen molar-refractivity contribution >= 4 is 38.2 Å². The Morgan fingerprint density at radius 3 is 0.667 bits per heavy atom. The zero-order valence-corrected chi connectivity index (χ0v) is 11.2. The molecule has 16 N–H and O–H groups in total. The van der Waals surface area contributed by atoms with Gasteiger partial charge in [-0.1, -0.05) is 0 Å². The molecule has 0 unspecified atom stereocenters. The number of hydrogen-bond acceptors (Lipinski definition) is 8. The van der Waals surface area contributed by atoms with Gasteiger partial charge in [-0.05, 0) is 0 Å². The zero-order valence-electron chi connectivity index (χ0n) is 8.41. The average Bonchev–Trinajstić information content (AvgIpc) is 1.12. The SMILES string of the molecule is N.O.O.O.O.O.O.O=S(=O)([O-])O.O=S(=O)([O-])[O-].[Al+3]. The molecule has 0 saturated carbocycles. The zero-order chi connectivity index (χ0) is 9.00. The van der Waals surface area contributed by atoms with Crippen molar-refractivity contribution in [1.29, 1.82) is 0 Å². The quantitative estimate of drug-likeness (QED) is 0.238. The molecule has 0 aliphatic heterocycles. The van der Waals surface area contributed by atoms with Crippen LogP contribution < -0.4 is 6.15 Å². The van der Waals surface area contributed by atoms with Crippen molar-refractivity contribution in [3.8, 4) is 0 Å². The average molecular weight is 345 g/mol. The molecule has 120 valence electrons. The summed E-state index contributed by atoms with van der Waals surface area (Å²) in [5, 5.41) is 0. The van der Waals surface area contributed by atoms with Crippen LogP contribution in [0.25, 0.3) is 0 Å². The Morgan fingerprint density at radius 2 is 0.667 bits per heavy atom. The maximum Gasteiger partial charge on any atom is 3.00 e. The minimum absolute atomic E-state index is 0. The van der Waals surface area contributed by atoms with Crippen molar-refractivity contribution in [1.82, 2.24) is 6.15 Å². The van der Waals surface area contributed by atoms with Crippen LogP contribution in [0.5, 0.6) is 0 Å². The summed E-state index contributed by atoms with van der Waals surface area (Å²) >= 11 is 0.